The number of rotatable bonds is 2. The number of hydrogen-bond acceptors (Lipinski definition) is 2. The Kier molecular flexibility index (Phi) is 1.33. The Bertz CT molecular complexity index is 326. The van der Waals surface area contributed by atoms with Gasteiger partial charge in [-0.1, -0.05) is 6.92 Å². The minimum absolute atomic E-state index is 0.0700. The van der Waals surface area contributed by atoms with Crippen LogP contribution in [0.2, 0.25) is 0 Å². The topological polar surface area (TPSA) is 37.4 Å². The molecule has 3 nitrogen and oxygen atoms in total. The zero-order chi connectivity index (χ0) is 9.97. The van der Waals surface area contributed by atoms with E-state index in [1.54, 1.807) is 0 Å². The number of carbonyl (C=O) groups is 2. The minimum Gasteiger partial charge on any atom is -0.329 e. The van der Waals surface area contributed by atoms with E-state index < -0.39 is 0 Å². The fraction of sp³-hybridized carbons (Fsp3) is 0.818. The van der Waals surface area contributed by atoms with Crippen LogP contribution in [0.3, 0.4) is 0 Å². The van der Waals surface area contributed by atoms with Crippen LogP contribution in [0, 0.1) is 5.41 Å². The maximum Gasteiger partial charge on any atom is 0.230 e. The van der Waals surface area contributed by atoms with E-state index in [0.717, 1.165) is 12.8 Å². The highest BCUT2D eigenvalue weighted by atomic mass is 16.2. The van der Waals surface area contributed by atoms with Crippen LogP contribution < -0.4 is 0 Å². The van der Waals surface area contributed by atoms with E-state index in [-0.39, 0.29) is 23.7 Å². The Morgan fingerprint density at radius 1 is 1.14 bits per heavy atom. The summed E-state index contributed by atoms with van der Waals surface area (Å²) in [4.78, 5) is 24.8. The summed E-state index contributed by atoms with van der Waals surface area (Å²) in [6.07, 6.45) is 4.83. The van der Waals surface area contributed by atoms with Crippen molar-refractivity contribution in [3.05, 3.63) is 0 Å². The second-order valence-electron chi connectivity index (χ2n) is 5.29. The normalized spacial score (nSPS) is 32.2. The van der Waals surface area contributed by atoms with Gasteiger partial charge in [-0.15, -0.1) is 0 Å². The molecule has 1 saturated heterocycles. The summed E-state index contributed by atoms with van der Waals surface area (Å²) in [6.45, 7) is 2.64. The molecule has 3 aliphatic rings. The van der Waals surface area contributed by atoms with Crippen molar-refractivity contribution in [3.8, 4) is 0 Å². The molecule has 2 saturated carbocycles. The maximum absolute atomic E-state index is 11.7. The average Bonchev–Trinajstić information content (AvgIpc) is 2.97. The molecular weight excluding hydrogens is 178 g/mol. The summed E-state index contributed by atoms with van der Waals surface area (Å²) in [5, 5.41) is 0. The van der Waals surface area contributed by atoms with E-state index in [2.05, 4.69) is 6.92 Å². The van der Waals surface area contributed by atoms with Gasteiger partial charge in [0.05, 0.1) is 13.0 Å². The van der Waals surface area contributed by atoms with Crippen LogP contribution in [0.1, 0.15) is 39.0 Å². The lowest BCUT2D eigenvalue weighted by Crippen LogP contribution is -2.44. The third kappa shape index (κ3) is 0.877. The standard InChI is InChI=1S/C11H15NO2/c1-10(2-3-10)11(4-5-11)12-7-8(13)6-9(12)14/h2-7H2,1H3. The monoisotopic (exact) mass is 193 g/mol. The van der Waals surface area contributed by atoms with E-state index in [4.69, 9.17) is 0 Å². The molecule has 0 radical (unpaired) electrons. The van der Waals surface area contributed by atoms with Crippen LogP contribution in [-0.4, -0.2) is 28.7 Å². The van der Waals surface area contributed by atoms with Gasteiger partial charge in [0.2, 0.25) is 5.91 Å². The van der Waals surface area contributed by atoms with Crippen LogP contribution in [0.4, 0.5) is 0 Å². The van der Waals surface area contributed by atoms with Gasteiger partial charge in [0, 0.05) is 5.54 Å². The largest absolute Gasteiger partial charge is 0.329 e. The Labute approximate surface area is 83.5 Å². The van der Waals surface area contributed by atoms with E-state index >= 15 is 0 Å². The Hall–Kier alpha value is -0.860. The third-order valence-electron chi connectivity index (χ3n) is 4.35. The summed E-state index contributed by atoms with van der Waals surface area (Å²) in [7, 11) is 0. The van der Waals surface area contributed by atoms with Gasteiger partial charge in [-0.05, 0) is 31.1 Å². The quantitative estimate of drug-likeness (QED) is 0.616. The van der Waals surface area contributed by atoms with Crippen molar-refractivity contribution in [1.29, 1.82) is 0 Å². The van der Waals surface area contributed by atoms with Crippen molar-refractivity contribution in [2.24, 2.45) is 5.41 Å². The highest BCUT2D eigenvalue weighted by Gasteiger charge is 2.67. The molecule has 3 heteroatoms. The third-order valence-corrected chi connectivity index (χ3v) is 4.35. The van der Waals surface area contributed by atoms with Gasteiger partial charge in [-0.3, -0.25) is 9.59 Å². The Morgan fingerprint density at radius 2 is 1.79 bits per heavy atom. The first-order valence-electron chi connectivity index (χ1n) is 5.40. The number of amides is 1. The molecule has 3 rings (SSSR count). The van der Waals surface area contributed by atoms with E-state index in [0.29, 0.717) is 12.0 Å². The highest BCUT2D eigenvalue weighted by molar-refractivity contribution is 6.06. The van der Waals surface area contributed by atoms with Gasteiger partial charge >= 0.3 is 0 Å². The maximum atomic E-state index is 11.7. The molecule has 0 aromatic heterocycles. The molecule has 14 heavy (non-hydrogen) atoms. The van der Waals surface area contributed by atoms with Crippen molar-refractivity contribution in [2.45, 2.75) is 44.6 Å². The van der Waals surface area contributed by atoms with Crippen LogP contribution in [0.15, 0.2) is 0 Å². The van der Waals surface area contributed by atoms with Gasteiger partial charge in [0.15, 0.2) is 5.78 Å². The fourth-order valence-corrected chi connectivity index (χ4v) is 2.95. The molecular formula is C11H15NO2. The Balaban J connectivity index is 1.89. The van der Waals surface area contributed by atoms with Crippen molar-refractivity contribution in [3.63, 3.8) is 0 Å². The predicted octanol–water partition coefficient (Wildman–Crippen LogP) is 1.12. The molecule has 0 spiro atoms. The Morgan fingerprint density at radius 3 is 2.14 bits per heavy atom. The van der Waals surface area contributed by atoms with Crippen molar-refractivity contribution in [1.82, 2.24) is 4.90 Å². The lowest BCUT2D eigenvalue weighted by molar-refractivity contribution is -0.131. The zero-order valence-electron chi connectivity index (χ0n) is 8.51. The van der Waals surface area contributed by atoms with Gasteiger partial charge in [0.1, 0.15) is 0 Å². The van der Waals surface area contributed by atoms with Crippen LogP contribution in [0.5, 0.6) is 0 Å². The number of ketones is 1. The molecule has 0 unspecified atom stereocenters. The lowest BCUT2D eigenvalue weighted by atomic mass is 9.94. The minimum atomic E-state index is 0.0700. The first kappa shape index (κ1) is 8.45. The first-order chi connectivity index (χ1) is 6.57. The van der Waals surface area contributed by atoms with E-state index in [1.807, 2.05) is 4.90 Å². The number of Topliss-reactive ketones (excluding diaryl/α,β-unsaturated/α-hetero) is 1. The summed E-state index contributed by atoms with van der Waals surface area (Å²) in [5.74, 6) is 0.172. The van der Waals surface area contributed by atoms with Crippen LogP contribution in [0.25, 0.3) is 0 Å². The second-order valence-corrected chi connectivity index (χ2v) is 5.29. The van der Waals surface area contributed by atoms with Crippen molar-refractivity contribution in [2.75, 3.05) is 6.54 Å². The molecule has 3 fully saturated rings. The van der Waals surface area contributed by atoms with Crippen molar-refractivity contribution < 1.29 is 9.59 Å². The molecule has 2 aliphatic carbocycles. The molecule has 76 valence electrons. The molecule has 0 aromatic carbocycles. The summed E-state index contributed by atoms with van der Waals surface area (Å²) in [6, 6.07) is 0. The van der Waals surface area contributed by atoms with E-state index in [9.17, 15) is 9.59 Å². The van der Waals surface area contributed by atoms with Crippen LogP contribution in [-0.2, 0) is 9.59 Å². The number of nitrogens with zero attached hydrogens (tertiary/aromatic N) is 1. The molecule has 0 atom stereocenters. The van der Waals surface area contributed by atoms with Gasteiger partial charge in [-0.25, -0.2) is 0 Å². The van der Waals surface area contributed by atoms with Crippen molar-refractivity contribution >= 4 is 11.7 Å². The number of carbonyl (C=O) groups excluding carboxylic acids is 2. The first-order valence-corrected chi connectivity index (χ1v) is 5.40. The lowest BCUT2D eigenvalue weighted by Gasteiger charge is -2.32. The van der Waals surface area contributed by atoms with E-state index in [1.165, 1.54) is 12.8 Å². The molecule has 1 amide bonds. The molecule has 1 heterocycles. The predicted molar refractivity (Wildman–Crippen MR) is 50.6 cm³/mol. The second kappa shape index (κ2) is 2.20. The fourth-order valence-electron chi connectivity index (χ4n) is 2.95. The molecule has 0 aromatic rings. The van der Waals surface area contributed by atoms with Gasteiger partial charge < -0.3 is 4.90 Å². The highest BCUT2D eigenvalue weighted by Crippen LogP contribution is 2.67. The SMILES string of the molecule is CC1(C2(N3CC(=O)CC3=O)CC2)CC1. The molecule has 0 N–H and O–H groups in total. The number of likely N-dealkylation sites (tertiary alicyclic amines) is 1. The zero-order valence-corrected chi connectivity index (χ0v) is 8.51. The summed E-state index contributed by atoms with van der Waals surface area (Å²) < 4.78 is 0. The molecule has 1 aliphatic heterocycles. The number of hydrogen-bond donors (Lipinski definition) is 0. The smallest absolute Gasteiger partial charge is 0.230 e. The van der Waals surface area contributed by atoms with Crippen LogP contribution >= 0.6 is 0 Å². The molecule has 0 bridgehead atoms. The van der Waals surface area contributed by atoms with Gasteiger partial charge in [0.25, 0.3) is 0 Å². The average molecular weight is 193 g/mol. The summed E-state index contributed by atoms with van der Waals surface area (Å²) >= 11 is 0. The summed E-state index contributed by atoms with van der Waals surface area (Å²) in [5.41, 5.74) is 0.434. The van der Waals surface area contributed by atoms with Gasteiger partial charge in [-0.2, -0.15) is 0 Å².